The van der Waals surface area contributed by atoms with Crippen LogP contribution in [0, 0.1) is 17.8 Å². The smallest absolute Gasteiger partial charge is 0.303 e. The minimum absolute atomic E-state index is 0.0505. The summed E-state index contributed by atoms with van der Waals surface area (Å²) in [4.78, 5) is 38.5. The summed E-state index contributed by atoms with van der Waals surface area (Å²) in [6, 6.07) is 6.83. The van der Waals surface area contributed by atoms with E-state index in [0.29, 0.717) is 44.1 Å². The molecule has 3 rings (SSSR count). The van der Waals surface area contributed by atoms with Crippen molar-refractivity contribution in [2.45, 2.75) is 58.0 Å². The zero-order valence-electron chi connectivity index (χ0n) is 22.1. The number of carbonyl (C=O) groups excluding carboxylic acids is 2. The van der Waals surface area contributed by atoms with Gasteiger partial charge in [0.1, 0.15) is 5.75 Å². The molecule has 1 aromatic carbocycles. The second-order valence-corrected chi connectivity index (χ2v) is 10.3. The van der Waals surface area contributed by atoms with Crippen molar-refractivity contribution >= 4 is 23.9 Å². The lowest BCUT2D eigenvalue weighted by Crippen LogP contribution is -2.39. The number of carbonyl (C=O) groups is 3. The predicted molar refractivity (Wildman–Crippen MR) is 141 cm³/mol. The van der Waals surface area contributed by atoms with Gasteiger partial charge in [-0.15, -0.1) is 0 Å². The van der Waals surface area contributed by atoms with Gasteiger partial charge in [-0.1, -0.05) is 30.2 Å². The number of likely N-dealkylation sites (tertiary alicyclic amines) is 1. The number of aliphatic hydroxyl groups is 2. The minimum atomic E-state index is -0.908. The quantitative estimate of drug-likeness (QED) is 0.163. The minimum Gasteiger partial charge on any atom is -0.508 e. The number of imide groups is 1. The van der Waals surface area contributed by atoms with Crippen LogP contribution in [0.3, 0.4) is 0 Å². The van der Waals surface area contributed by atoms with Crippen LogP contribution in [0.5, 0.6) is 5.75 Å². The average molecular weight is 530 g/mol. The molecule has 1 saturated heterocycles. The molecule has 4 N–H and O–H groups in total. The normalized spacial score (nSPS) is 22.7. The van der Waals surface area contributed by atoms with E-state index >= 15 is 0 Å². The molecule has 1 aliphatic heterocycles. The third kappa shape index (κ3) is 7.09. The number of allylic oxidation sites excluding steroid dienone is 1. The summed E-state index contributed by atoms with van der Waals surface area (Å²) in [6.45, 7) is 2.01. The number of phenols is 1. The van der Waals surface area contributed by atoms with Gasteiger partial charge in [-0.2, -0.15) is 0 Å². The van der Waals surface area contributed by atoms with Gasteiger partial charge in [0.15, 0.2) is 0 Å². The summed E-state index contributed by atoms with van der Waals surface area (Å²) in [5.74, 6) is -3.29. The van der Waals surface area contributed by atoms with Crippen molar-refractivity contribution in [3.63, 3.8) is 0 Å². The van der Waals surface area contributed by atoms with Gasteiger partial charge in [0, 0.05) is 26.0 Å². The number of carboxylic acids is 1. The van der Waals surface area contributed by atoms with Gasteiger partial charge in [0.25, 0.3) is 0 Å². The van der Waals surface area contributed by atoms with Crippen LogP contribution in [0.25, 0.3) is 6.08 Å². The molecule has 1 fully saturated rings. The number of ether oxygens (including phenoxy) is 1. The van der Waals surface area contributed by atoms with Crippen molar-refractivity contribution < 1.29 is 39.5 Å². The van der Waals surface area contributed by atoms with Gasteiger partial charge in [0.05, 0.1) is 31.2 Å². The highest BCUT2D eigenvalue weighted by atomic mass is 16.5. The Morgan fingerprint density at radius 2 is 1.84 bits per heavy atom. The Balaban J connectivity index is 1.73. The molecule has 0 aromatic heterocycles. The molecule has 9 nitrogen and oxygen atoms in total. The van der Waals surface area contributed by atoms with Crippen molar-refractivity contribution in [2.75, 3.05) is 26.9 Å². The first-order valence-electron chi connectivity index (χ1n) is 13.2. The maximum absolute atomic E-state index is 13.4. The number of carboxylic acid groups (broad SMARTS) is 1. The Morgan fingerprint density at radius 3 is 2.47 bits per heavy atom. The highest BCUT2D eigenvalue weighted by Crippen LogP contribution is 2.46. The van der Waals surface area contributed by atoms with Crippen molar-refractivity contribution in [2.24, 2.45) is 17.8 Å². The lowest BCUT2D eigenvalue weighted by Gasteiger charge is -2.36. The van der Waals surface area contributed by atoms with E-state index in [1.807, 2.05) is 13.0 Å². The maximum Gasteiger partial charge on any atom is 0.303 e. The molecular formula is C29H39NO8. The third-order valence-corrected chi connectivity index (χ3v) is 7.54. The van der Waals surface area contributed by atoms with Gasteiger partial charge in [0.2, 0.25) is 11.8 Å². The van der Waals surface area contributed by atoms with Crippen LogP contribution in [0.2, 0.25) is 0 Å². The second kappa shape index (κ2) is 13.7. The van der Waals surface area contributed by atoms with E-state index in [0.717, 1.165) is 16.7 Å². The van der Waals surface area contributed by atoms with E-state index in [-0.39, 0.29) is 43.7 Å². The van der Waals surface area contributed by atoms with Gasteiger partial charge >= 0.3 is 5.97 Å². The molecule has 0 unspecified atom stereocenters. The molecule has 38 heavy (non-hydrogen) atoms. The number of phenolic OH excluding ortho intramolecular Hbond substituents is 1. The summed E-state index contributed by atoms with van der Waals surface area (Å²) in [5, 5.41) is 39.9. The summed E-state index contributed by atoms with van der Waals surface area (Å²) < 4.78 is 5.38. The van der Waals surface area contributed by atoms with E-state index in [4.69, 9.17) is 9.84 Å². The van der Waals surface area contributed by atoms with Crippen LogP contribution >= 0.6 is 0 Å². The number of nitrogens with zero attached hydrogens (tertiary/aromatic N) is 1. The highest BCUT2D eigenvalue weighted by molar-refractivity contribution is 6.05. The Labute approximate surface area is 223 Å². The molecule has 0 saturated carbocycles. The first-order valence-corrected chi connectivity index (χ1v) is 13.2. The second-order valence-electron chi connectivity index (χ2n) is 10.3. The number of amides is 2. The van der Waals surface area contributed by atoms with Crippen molar-refractivity contribution in [1.82, 2.24) is 4.90 Å². The van der Waals surface area contributed by atoms with Gasteiger partial charge in [-0.25, -0.2) is 0 Å². The molecule has 1 aliphatic carbocycles. The van der Waals surface area contributed by atoms with Gasteiger partial charge < -0.3 is 25.2 Å². The fourth-order valence-electron chi connectivity index (χ4n) is 5.72. The number of aromatic hydroxyl groups is 1. The van der Waals surface area contributed by atoms with Crippen LogP contribution in [0.1, 0.15) is 57.4 Å². The Kier molecular flexibility index (Phi) is 10.6. The lowest BCUT2D eigenvalue weighted by molar-refractivity contribution is -0.141. The molecule has 9 heteroatoms. The SMILES string of the molecule is COCC1=C([C@H](O)CC/C(C)=C/c2ccc(O)cc2)[C@H](CO)[C@@H]2C(=O)N(CCCCCC(=O)O)C(=O)[C@@H]2C1. The van der Waals surface area contributed by atoms with Crippen LogP contribution < -0.4 is 0 Å². The predicted octanol–water partition coefficient (Wildman–Crippen LogP) is 3.14. The summed E-state index contributed by atoms with van der Waals surface area (Å²) >= 11 is 0. The third-order valence-electron chi connectivity index (χ3n) is 7.54. The van der Waals surface area contributed by atoms with E-state index in [9.17, 15) is 29.7 Å². The first kappa shape index (κ1) is 29.5. The average Bonchev–Trinajstić information content (AvgIpc) is 3.12. The van der Waals surface area contributed by atoms with Gasteiger partial charge in [-0.3, -0.25) is 19.3 Å². The summed E-state index contributed by atoms with van der Waals surface area (Å²) in [5.41, 5.74) is 3.31. The molecule has 0 bridgehead atoms. The van der Waals surface area contributed by atoms with Crippen molar-refractivity contribution in [1.29, 1.82) is 0 Å². The molecule has 0 radical (unpaired) electrons. The fourth-order valence-corrected chi connectivity index (χ4v) is 5.72. The van der Waals surface area contributed by atoms with E-state index in [1.54, 1.807) is 24.3 Å². The van der Waals surface area contributed by atoms with Crippen LogP contribution in [-0.4, -0.2) is 76.1 Å². The maximum atomic E-state index is 13.4. The first-order chi connectivity index (χ1) is 18.2. The molecule has 2 aliphatic rings. The molecule has 1 heterocycles. The number of aliphatic hydroxyl groups excluding tert-OH is 2. The number of hydrogen-bond donors (Lipinski definition) is 4. The van der Waals surface area contributed by atoms with Crippen molar-refractivity contribution in [3.05, 3.63) is 46.5 Å². The van der Waals surface area contributed by atoms with Crippen molar-refractivity contribution in [3.8, 4) is 5.75 Å². The Bertz CT molecular complexity index is 1060. The van der Waals surface area contributed by atoms with E-state index in [2.05, 4.69) is 0 Å². The summed E-state index contributed by atoms with van der Waals surface area (Å²) in [6.07, 6.45) is 3.97. The van der Waals surface area contributed by atoms with Gasteiger partial charge in [-0.05, 0) is 67.9 Å². The molecule has 0 spiro atoms. The fraction of sp³-hybridized carbons (Fsp3) is 0.552. The molecule has 4 atom stereocenters. The lowest BCUT2D eigenvalue weighted by atomic mass is 9.68. The number of hydrogen-bond acceptors (Lipinski definition) is 7. The van der Waals surface area contributed by atoms with Crippen LogP contribution in [0.4, 0.5) is 0 Å². The summed E-state index contributed by atoms with van der Waals surface area (Å²) in [7, 11) is 1.53. The topological polar surface area (TPSA) is 145 Å². The largest absolute Gasteiger partial charge is 0.508 e. The van der Waals surface area contributed by atoms with Crippen LogP contribution in [0.15, 0.2) is 41.0 Å². The number of benzene rings is 1. The Hall–Kier alpha value is -3.01. The molecule has 2 amide bonds. The zero-order chi connectivity index (χ0) is 27.8. The molecule has 1 aromatic rings. The zero-order valence-corrected chi connectivity index (χ0v) is 22.1. The number of rotatable bonds is 14. The number of unbranched alkanes of at least 4 members (excludes halogenated alkanes) is 2. The number of fused-ring (bicyclic) bond motifs is 1. The number of methoxy groups -OCH3 is 1. The van der Waals surface area contributed by atoms with E-state index in [1.165, 1.54) is 12.0 Å². The Morgan fingerprint density at radius 1 is 1.13 bits per heavy atom. The highest BCUT2D eigenvalue weighted by Gasteiger charge is 2.54. The van der Waals surface area contributed by atoms with E-state index < -0.39 is 29.8 Å². The number of aliphatic carboxylic acids is 1. The monoisotopic (exact) mass is 529 g/mol. The van der Waals surface area contributed by atoms with Crippen LogP contribution in [-0.2, 0) is 19.1 Å². The molecule has 208 valence electrons. The molecular weight excluding hydrogens is 490 g/mol. The standard InChI is InChI=1S/C29H39NO8/c1-18(14-19-8-10-21(32)11-9-19)7-12-24(33)26-20(17-38-2)15-22-27(23(26)16-31)29(37)30(28(22)36)13-5-3-4-6-25(34)35/h8-11,14,22-24,27,31-33H,3-7,12-13,15-17H2,1-2H3,(H,34,35)/b18-14+/t22-,23+,24-,27-/m1/s1.